The molecular weight excluding hydrogens is 516 g/mol. The Morgan fingerprint density at radius 1 is 1.08 bits per heavy atom. The number of nitrogens with one attached hydrogen (secondary N) is 2. The first-order valence-electron chi connectivity index (χ1n) is 14.5. The second kappa shape index (κ2) is 16.7. The SMILES string of the molecule is CCC[C@H](C(=O)NC1CCCCC1)N(CCCN1CCOCC1)C(=O)C[S@@](=O)CC(=O)Nc1ccc(C)cc1. The van der Waals surface area contributed by atoms with Gasteiger partial charge in [0.2, 0.25) is 17.7 Å². The Hall–Kier alpha value is -2.30. The van der Waals surface area contributed by atoms with Crippen LogP contribution in [0.2, 0.25) is 0 Å². The number of anilines is 1. The van der Waals surface area contributed by atoms with Crippen molar-refractivity contribution in [1.82, 2.24) is 15.1 Å². The van der Waals surface area contributed by atoms with Crippen LogP contribution in [0.3, 0.4) is 0 Å². The minimum Gasteiger partial charge on any atom is -0.379 e. The van der Waals surface area contributed by atoms with Crippen molar-refractivity contribution in [2.75, 3.05) is 56.2 Å². The Balaban J connectivity index is 1.62. The maximum atomic E-state index is 13.5. The van der Waals surface area contributed by atoms with Gasteiger partial charge in [-0.3, -0.25) is 23.5 Å². The molecule has 1 saturated carbocycles. The number of aryl methyl sites for hydroxylation is 1. The van der Waals surface area contributed by atoms with Gasteiger partial charge in [-0.05, 0) is 44.7 Å². The summed E-state index contributed by atoms with van der Waals surface area (Å²) >= 11 is 0. The van der Waals surface area contributed by atoms with E-state index in [4.69, 9.17) is 4.74 Å². The fourth-order valence-corrected chi connectivity index (χ4v) is 6.15. The molecule has 1 aromatic rings. The van der Waals surface area contributed by atoms with Crippen LogP contribution in [-0.4, -0.2) is 94.7 Å². The Labute approximate surface area is 235 Å². The summed E-state index contributed by atoms with van der Waals surface area (Å²) in [6.45, 7) is 8.29. The zero-order chi connectivity index (χ0) is 28.0. The van der Waals surface area contributed by atoms with Gasteiger partial charge in [0, 0.05) is 48.7 Å². The lowest BCUT2D eigenvalue weighted by Crippen LogP contribution is -2.53. The van der Waals surface area contributed by atoms with Crippen LogP contribution in [0.1, 0.15) is 63.9 Å². The highest BCUT2D eigenvalue weighted by atomic mass is 32.2. The summed E-state index contributed by atoms with van der Waals surface area (Å²) < 4.78 is 18.3. The Bertz CT molecular complexity index is 946. The van der Waals surface area contributed by atoms with E-state index in [1.165, 1.54) is 6.42 Å². The van der Waals surface area contributed by atoms with Gasteiger partial charge in [-0.25, -0.2) is 0 Å². The molecule has 3 rings (SSSR count). The van der Waals surface area contributed by atoms with Gasteiger partial charge in [-0.15, -0.1) is 0 Å². The molecule has 1 saturated heterocycles. The van der Waals surface area contributed by atoms with Gasteiger partial charge >= 0.3 is 0 Å². The summed E-state index contributed by atoms with van der Waals surface area (Å²) in [5, 5.41) is 5.94. The fourth-order valence-electron chi connectivity index (χ4n) is 5.24. The predicted molar refractivity (Wildman–Crippen MR) is 155 cm³/mol. The van der Waals surface area contributed by atoms with Gasteiger partial charge in [0.05, 0.1) is 13.2 Å². The molecule has 2 atom stereocenters. The Kier molecular flexibility index (Phi) is 13.4. The van der Waals surface area contributed by atoms with E-state index >= 15 is 0 Å². The van der Waals surface area contributed by atoms with Crippen molar-refractivity contribution in [3.63, 3.8) is 0 Å². The van der Waals surface area contributed by atoms with Crippen LogP contribution in [-0.2, 0) is 29.9 Å². The van der Waals surface area contributed by atoms with Gasteiger partial charge in [-0.2, -0.15) is 0 Å². The first kappa shape index (κ1) is 31.2. The highest BCUT2D eigenvalue weighted by Crippen LogP contribution is 2.19. The fraction of sp³-hybridized carbons (Fsp3) is 0.690. The molecule has 39 heavy (non-hydrogen) atoms. The van der Waals surface area contributed by atoms with Crippen LogP contribution in [0, 0.1) is 6.92 Å². The molecule has 1 aromatic carbocycles. The number of carbonyl (C=O) groups excluding carboxylic acids is 3. The number of benzene rings is 1. The van der Waals surface area contributed by atoms with Gasteiger partial charge < -0.3 is 20.3 Å². The second-order valence-corrected chi connectivity index (χ2v) is 12.1. The lowest BCUT2D eigenvalue weighted by atomic mass is 9.95. The third kappa shape index (κ3) is 11.0. The van der Waals surface area contributed by atoms with Crippen molar-refractivity contribution in [3.8, 4) is 0 Å². The third-order valence-electron chi connectivity index (χ3n) is 7.40. The molecule has 9 nitrogen and oxygen atoms in total. The summed E-state index contributed by atoms with van der Waals surface area (Å²) in [7, 11) is -1.69. The lowest BCUT2D eigenvalue weighted by Gasteiger charge is -2.34. The van der Waals surface area contributed by atoms with Crippen LogP contribution >= 0.6 is 0 Å². The lowest BCUT2D eigenvalue weighted by molar-refractivity contribution is -0.139. The molecule has 0 unspecified atom stereocenters. The third-order valence-corrected chi connectivity index (χ3v) is 8.55. The van der Waals surface area contributed by atoms with E-state index < -0.39 is 22.7 Å². The molecule has 0 aromatic heterocycles. The number of hydrogen-bond donors (Lipinski definition) is 2. The van der Waals surface area contributed by atoms with E-state index in [0.717, 1.165) is 57.3 Å². The molecule has 2 N–H and O–H groups in total. The largest absolute Gasteiger partial charge is 0.379 e. The number of morpholine rings is 1. The van der Waals surface area contributed by atoms with Gasteiger partial charge in [0.1, 0.15) is 17.5 Å². The molecule has 0 bridgehead atoms. The number of ether oxygens (including phenoxy) is 1. The van der Waals surface area contributed by atoms with Crippen LogP contribution in [0.5, 0.6) is 0 Å². The first-order valence-corrected chi connectivity index (χ1v) is 16.0. The maximum absolute atomic E-state index is 13.5. The molecule has 218 valence electrons. The van der Waals surface area contributed by atoms with E-state index in [2.05, 4.69) is 15.5 Å². The van der Waals surface area contributed by atoms with Crippen LogP contribution in [0.4, 0.5) is 5.69 Å². The number of nitrogens with zero attached hydrogens (tertiary/aromatic N) is 2. The molecule has 1 heterocycles. The molecule has 1 aliphatic heterocycles. The van der Waals surface area contributed by atoms with Crippen LogP contribution in [0.15, 0.2) is 24.3 Å². The van der Waals surface area contributed by atoms with E-state index in [0.29, 0.717) is 38.3 Å². The molecule has 3 amide bonds. The molecule has 0 spiro atoms. The Morgan fingerprint density at radius 2 is 1.77 bits per heavy atom. The summed E-state index contributed by atoms with van der Waals surface area (Å²) in [6.07, 6.45) is 7.35. The molecule has 2 fully saturated rings. The number of amides is 3. The van der Waals surface area contributed by atoms with Crippen molar-refractivity contribution < 1.29 is 23.3 Å². The van der Waals surface area contributed by atoms with E-state index in [1.54, 1.807) is 17.0 Å². The minimum atomic E-state index is -1.69. The first-order chi connectivity index (χ1) is 18.9. The number of hydrogen-bond acceptors (Lipinski definition) is 6. The van der Waals surface area contributed by atoms with E-state index in [1.807, 2.05) is 26.0 Å². The topological polar surface area (TPSA) is 108 Å². The zero-order valence-electron chi connectivity index (χ0n) is 23.6. The van der Waals surface area contributed by atoms with E-state index in [9.17, 15) is 18.6 Å². The van der Waals surface area contributed by atoms with Gasteiger partial charge in [-0.1, -0.05) is 50.3 Å². The smallest absolute Gasteiger partial charge is 0.243 e. The molecule has 2 aliphatic rings. The van der Waals surface area contributed by atoms with Gasteiger partial charge in [0.15, 0.2) is 0 Å². The standard InChI is InChI=1S/C29H46N4O5S/c1-3-8-26(29(36)31-24-9-5-4-6-10-24)33(16-7-15-32-17-19-38-20-18-32)28(35)22-39(37)21-27(34)30-25-13-11-23(2)12-14-25/h11-14,24,26H,3-10,15-22H2,1-2H3,(H,30,34)(H,31,36)/t26-,39+/m1/s1. The molecular formula is C29H46N4O5S. The Morgan fingerprint density at radius 3 is 2.44 bits per heavy atom. The number of rotatable bonds is 14. The summed E-state index contributed by atoms with van der Waals surface area (Å²) in [5.74, 6) is -1.41. The maximum Gasteiger partial charge on any atom is 0.243 e. The average Bonchev–Trinajstić information content (AvgIpc) is 2.92. The number of carbonyl (C=O) groups is 3. The average molecular weight is 563 g/mol. The highest BCUT2D eigenvalue weighted by Gasteiger charge is 2.31. The zero-order valence-corrected chi connectivity index (χ0v) is 24.4. The summed E-state index contributed by atoms with van der Waals surface area (Å²) in [5.41, 5.74) is 1.70. The van der Waals surface area contributed by atoms with Crippen molar-refractivity contribution in [1.29, 1.82) is 0 Å². The van der Waals surface area contributed by atoms with Crippen LogP contribution in [0.25, 0.3) is 0 Å². The molecule has 0 radical (unpaired) electrons. The van der Waals surface area contributed by atoms with Crippen molar-refractivity contribution in [3.05, 3.63) is 29.8 Å². The predicted octanol–water partition coefficient (Wildman–Crippen LogP) is 2.85. The van der Waals surface area contributed by atoms with E-state index in [-0.39, 0.29) is 29.4 Å². The monoisotopic (exact) mass is 562 g/mol. The summed E-state index contributed by atoms with van der Waals surface area (Å²) in [6, 6.07) is 6.90. The minimum absolute atomic E-state index is 0.119. The van der Waals surface area contributed by atoms with Gasteiger partial charge in [0.25, 0.3) is 0 Å². The molecule has 1 aliphatic carbocycles. The quantitative estimate of drug-likeness (QED) is 0.361. The van der Waals surface area contributed by atoms with Crippen molar-refractivity contribution in [2.24, 2.45) is 0 Å². The second-order valence-electron chi connectivity index (χ2n) is 10.7. The molecule has 10 heteroatoms. The normalized spacial score (nSPS) is 18.2. The van der Waals surface area contributed by atoms with Crippen molar-refractivity contribution >= 4 is 34.2 Å². The van der Waals surface area contributed by atoms with Crippen molar-refractivity contribution in [2.45, 2.75) is 77.3 Å². The summed E-state index contributed by atoms with van der Waals surface area (Å²) in [4.78, 5) is 43.3. The van der Waals surface area contributed by atoms with Crippen LogP contribution < -0.4 is 10.6 Å². The highest BCUT2D eigenvalue weighted by molar-refractivity contribution is 7.86.